The summed E-state index contributed by atoms with van der Waals surface area (Å²) in [6, 6.07) is 14.8. The Morgan fingerprint density at radius 2 is 1.95 bits per heavy atom. The average molecular weight is 339 g/mol. The first-order chi connectivity index (χ1) is 9.08. The molecule has 0 aromatic heterocycles. The number of hydrogen-bond donors (Lipinski definition) is 1. The van der Waals surface area contributed by atoms with Gasteiger partial charge in [0.1, 0.15) is 0 Å². The van der Waals surface area contributed by atoms with Crippen molar-refractivity contribution in [2.24, 2.45) is 0 Å². The van der Waals surface area contributed by atoms with E-state index in [0.29, 0.717) is 0 Å². The molecular formula is C16H17BrClN. The molecule has 0 aliphatic rings. The summed E-state index contributed by atoms with van der Waals surface area (Å²) in [5, 5.41) is 4.34. The van der Waals surface area contributed by atoms with E-state index in [-0.39, 0.29) is 6.04 Å². The second-order valence-electron chi connectivity index (χ2n) is 4.71. The smallest absolute Gasteiger partial charge is 0.0438 e. The molecule has 2 aromatic rings. The monoisotopic (exact) mass is 337 g/mol. The molecule has 1 atom stereocenters. The molecule has 2 aromatic carbocycles. The molecule has 1 N–H and O–H groups in total. The van der Waals surface area contributed by atoms with Gasteiger partial charge in [-0.2, -0.15) is 0 Å². The Labute approximate surface area is 128 Å². The minimum absolute atomic E-state index is 0.288. The Bertz CT molecular complexity index is 568. The molecule has 19 heavy (non-hydrogen) atoms. The van der Waals surface area contributed by atoms with Crippen LogP contribution in [0.15, 0.2) is 46.9 Å². The van der Waals surface area contributed by atoms with Gasteiger partial charge in [0.2, 0.25) is 0 Å². The van der Waals surface area contributed by atoms with Crippen molar-refractivity contribution >= 4 is 27.5 Å². The molecule has 0 aliphatic carbocycles. The van der Waals surface area contributed by atoms with Gasteiger partial charge < -0.3 is 5.32 Å². The fourth-order valence-electron chi connectivity index (χ4n) is 1.95. The molecule has 0 heterocycles. The van der Waals surface area contributed by atoms with Crippen molar-refractivity contribution in [3.8, 4) is 0 Å². The van der Waals surface area contributed by atoms with E-state index < -0.39 is 0 Å². The number of nitrogens with one attached hydrogen (secondary N) is 1. The first kappa shape index (κ1) is 14.6. The zero-order chi connectivity index (χ0) is 13.8. The Balaban J connectivity index is 2.02. The highest BCUT2D eigenvalue weighted by Crippen LogP contribution is 2.23. The van der Waals surface area contributed by atoms with Gasteiger partial charge in [0, 0.05) is 22.1 Å². The molecule has 0 fully saturated rings. The minimum Gasteiger partial charge on any atom is -0.306 e. The van der Waals surface area contributed by atoms with Crippen LogP contribution in [0.2, 0.25) is 5.02 Å². The van der Waals surface area contributed by atoms with Gasteiger partial charge in [0.15, 0.2) is 0 Å². The number of aryl methyl sites for hydroxylation is 1. The molecule has 0 saturated carbocycles. The van der Waals surface area contributed by atoms with Crippen LogP contribution in [0.1, 0.15) is 29.7 Å². The topological polar surface area (TPSA) is 12.0 Å². The third kappa shape index (κ3) is 3.82. The minimum atomic E-state index is 0.288. The Hall–Kier alpha value is -0.830. The summed E-state index contributed by atoms with van der Waals surface area (Å²) in [4.78, 5) is 0. The van der Waals surface area contributed by atoms with Crippen LogP contribution in [0.5, 0.6) is 0 Å². The van der Waals surface area contributed by atoms with Crippen LogP contribution in [0.25, 0.3) is 0 Å². The predicted octanol–water partition coefficient (Wildman–Crippen LogP) is 5.26. The molecule has 0 spiro atoms. The second-order valence-corrected chi connectivity index (χ2v) is 5.97. The molecule has 3 heteroatoms. The average Bonchev–Trinajstić information content (AvgIpc) is 2.40. The fraction of sp³-hybridized carbons (Fsp3) is 0.250. The lowest BCUT2D eigenvalue weighted by Gasteiger charge is -2.16. The SMILES string of the molecule is Cc1ccc(CNC(C)c2ccccc2Br)cc1Cl. The fourth-order valence-corrected chi connectivity index (χ4v) is 2.78. The molecular weight excluding hydrogens is 322 g/mol. The summed E-state index contributed by atoms with van der Waals surface area (Å²) < 4.78 is 1.14. The third-order valence-corrected chi connectivity index (χ3v) is 4.35. The number of benzene rings is 2. The van der Waals surface area contributed by atoms with Crippen molar-refractivity contribution in [2.45, 2.75) is 26.4 Å². The molecule has 0 radical (unpaired) electrons. The standard InChI is InChI=1S/C16H17BrClN/c1-11-7-8-13(9-16(11)18)10-19-12(2)14-5-3-4-6-15(14)17/h3-9,12,19H,10H2,1-2H3. The first-order valence-corrected chi connectivity index (χ1v) is 7.48. The van der Waals surface area contributed by atoms with E-state index >= 15 is 0 Å². The Morgan fingerprint density at radius 3 is 2.63 bits per heavy atom. The maximum Gasteiger partial charge on any atom is 0.0438 e. The van der Waals surface area contributed by atoms with Gasteiger partial charge in [-0.15, -0.1) is 0 Å². The van der Waals surface area contributed by atoms with Crippen molar-refractivity contribution in [1.82, 2.24) is 5.32 Å². The van der Waals surface area contributed by atoms with E-state index in [0.717, 1.165) is 21.6 Å². The van der Waals surface area contributed by atoms with Crippen LogP contribution in [0, 0.1) is 6.92 Å². The largest absolute Gasteiger partial charge is 0.306 e. The molecule has 2 rings (SSSR count). The highest BCUT2D eigenvalue weighted by molar-refractivity contribution is 9.10. The van der Waals surface area contributed by atoms with Crippen LogP contribution in [-0.2, 0) is 6.54 Å². The summed E-state index contributed by atoms with van der Waals surface area (Å²) in [5.41, 5.74) is 3.58. The van der Waals surface area contributed by atoms with E-state index in [9.17, 15) is 0 Å². The van der Waals surface area contributed by atoms with E-state index in [2.05, 4.69) is 58.5 Å². The van der Waals surface area contributed by atoms with Crippen molar-refractivity contribution in [2.75, 3.05) is 0 Å². The zero-order valence-corrected chi connectivity index (χ0v) is 13.4. The zero-order valence-electron chi connectivity index (χ0n) is 11.1. The lowest BCUT2D eigenvalue weighted by atomic mass is 10.1. The first-order valence-electron chi connectivity index (χ1n) is 6.31. The van der Waals surface area contributed by atoms with Gasteiger partial charge in [0.05, 0.1) is 0 Å². The van der Waals surface area contributed by atoms with Gasteiger partial charge in [-0.3, -0.25) is 0 Å². The maximum atomic E-state index is 6.14. The summed E-state index contributed by atoms with van der Waals surface area (Å²) in [6.07, 6.45) is 0. The van der Waals surface area contributed by atoms with Gasteiger partial charge in [0.25, 0.3) is 0 Å². The van der Waals surface area contributed by atoms with E-state index in [1.807, 2.05) is 19.1 Å². The molecule has 100 valence electrons. The summed E-state index contributed by atoms with van der Waals surface area (Å²) in [7, 11) is 0. The number of halogens is 2. The number of rotatable bonds is 4. The molecule has 0 aliphatic heterocycles. The molecule has 0 bridgehead atoms. The van der Waals surface area contributed by atoms with Crippen LogP contribution >= 0.6 is 27.5 Å². The third-order valence-electron chi connectivity index (χ3n) is 3.22. The second kappa shape index (κ2) is 6.56. The Kier molecular flexibility index (Phi) is 5.03. The predicted molar refractivity (Wildman–Crippen MR) is 85.6 cm³/mol. The summed E-state index contributed by atoms with van der Waals surface area (Å²) in [6.45, 7) is 4.99. The number of hydrogen-bond acceptors (Lipinski definition) is 1. The summed E-state index contributed by atoms with van der Waals surface area (Å²) >= 11 is 9.72. The van der Waals surface area contributed by atoms with Crippen LogP contribution in [0.3, 0.4) is 0 Å². The van der Waals surface area contributed by atoms with Crippen molar-refractivity contribution < 1.29 is 0 Å². The van der Waals surface area contributed by atoms with Crippen LogP contribution in [-0.4, -0.2) is 0 Å². The van der Waals surface area contributed by atoms with E-state index in [1.54, 1.807) is 0 Å². The van der Waals surface area contributed by atoms with Gasteiger partial charge >= 0.3 is 0 Å². The van der Waals surface area contributed by atoms with Crippen LogP contribution < -0.4 is 5.32 Å². The van der Waals surface area contributed by atoms with E-state index in [4.69, 9.17) is 11.6 Å². The van der Waals surface area contributed by atoms with Crippen LogP contribution in [0.4, 0.5) is 0 Å². The van der Waals surface area contributed by atoms with Crippen molar-refractivity contribution in [1.29, 1.82) is 0 Å². The summed E-state index contributed by atoms with van der Waals surface area (Å²) in [5.74, 6) is 0. The van der Waals surface area contributed by atoms with Gasteiger partial charge in [-0.1, -0.05) is 57.9 Å². The van der Waals surface area contributed by atoms with Gasteiger partial charge in [-0.25, -0.2) is 0 Å². The molecule has 0 saturated heterocycles. The highest BCUT2D eigenvalue weighted by atomic mass is 79.9. The van der Waals surface area contributed by atoms with Gasteiger partial charge in [-0.05, 0) is 42.7 Å². The van der Waals surface area contributed by atoms with E-state index in [1.165, 1.54) is 11.1 Å². The highest BCUT2D eigenvalue weighted by Gasteiger charge is 2.08. The van der Waals surface area contributed by atoms with Crippen molar-refractivity contribution in [3.05, 3.63) is 68.7 Å². The molecule has 1 unspecified atom stereocenters. The Morgan fingerprint density at radius 1 is 1.21 bits per heavy atom. The molecule has 1 nitrogen and oxygen atoms in total. The normalized spacial score (nSPS) is 12.4. The van der Waals surface area contributed by atoms with Crippen molar-refractivity contribution in [3.63, 3.8) is 0 Å². The lowest BCUT2D eigenvalue weighted by molar-refractivity contribution is 0.573. The quantitative estimate of drug-likeness (QED) is 0.801. The maximum absolute atomic E-state index is 6.14. The molecule has 0 amide bonds. The lowest BCUT2D eigenvalue weighted by Crippen LogP contribution is -2.18.